The van der Waals surface area contributed by atoms with Crippen LogP contribution in [0.3, 0.4) is 0 Å². The van der Waals surface area contributed by atoms with Gasteiger partial charge in [-0.1, -0.05) is 12.1 Å². The summed E-state index contributed by atoms with van der Waals surface area (Å²) < 4.78 is 24.5. The summed E-state index contributed by atoms with van der Waals surface area (Å²) in [6.07, 6.45) is 1.55. The molecule has 6 nitrogen and oxygen atoms in total. The lowest BCUT2D eigenvalue weighted by atomic mass is 10.1. The quantitative estimate of drug-likeness (QED) is 0.608. The van der Waals surface area contributed by atoms with E-state index in [1.807, 2.05) is 0 Å². The Bertz CT molecular complexity index is 603. The molecule has 0 spiro atoms. The van der Waals surface area contributed by atoms with Gasteiger partial charge in [-0.25, -0.2) is 4.31 Å². The third-order valence-corrected chi connectivity index (χ3v) is 3.90. The van der Waals surface area contributed by atoms with Gasteiger partial charge < -0.3 is 0 Å². The van der Waals surface area contributed by atoms with E-state index in [2.05, 4.69) is 0 Å². The molecular weight excluding hydrogens is 230 g/mol. The fraction of sp³-hybridized carbons (Fsp3) is 0.111. The van der Waals surface area contributed by atoms with Crippen LogP contribution in [0.4, 0.5) is 5.69 Å². The van der Waals surface area contributed by atoms with E-state index in [-0.39, 0.29) is 11.3 Å². The molecule has 7 heteroatoms. The van der Waals surface area contributed by atoms with Gasteiger partial charge in [-0.15, -0.1) is 0 Å². The van der Waals surface area contributed by atoms with E-state index < -0.39 is 16.1 Å². The molecule has 0 N–H and O–H groups in total. The SMILES string of the molecule is CN1C(=O)c2ccccc2N(C#N)S1(=O)=O. The number of benzene rings is 1. The Kier molecular flexibility index (Phi) is 2.10. The van der Waals surface area contributed by atoms with Crippen molar-refractivity contribution in [1.82, 2.24) is 4.31 Å². The predicted octanol–water partition coefficient (Wildman–Crippen LogP) is 0.304. The van der Waals surface area contributed by atoms with E-state index in [4.69, 9.17) is 5.26 Å². The molecule has 0 aromatic heterocycles. The number of rotatable bonds is 0. The average molecular weight is 237 g/mol. The number of nitrogens with zero attached hydrogens (tertiary/aromatic N) is 3. The smallest absolute Gasteiger partial charge is 0.268 e. The van der Waals surface area contributed by atoms with Gasteiger partial charge in [0, 0.05) is 7.05 Å². The molecule has 0 fully saturated rings. The zero-order valence-electron chi connectivity index (χ0n) is 8.28. The molecule has 1 aromatic rings. The zero-order chi connectivity index (χ0) is 11.9. The summed E-state index contributed by atoms with van der Waals surface area (Å²) in [5, 5.41) is 8.84. The highest BCUT2D eigenvalue weighted by Gasteiger charge is 2.39. The summed E-state index contributed by atoms with van der Waals surface area (Å²) in [5.41, 5.74) is 0.287. The maximum atomic E-state index is 11.7. The van der Waals surface area contributed by atoms with Crippen LogP contribution >= 0.6 is 0 Å². The molecule has 1 amide bonds. The third-order valence-electron chi connectivity index (χ3n) is 2.31. The van der Waals surface area contributed by atoms with Crippen LogP contribution in [0.25, 0.3) is 0 Å². The fourth-order valence-electron chi connectivity index (χ4n) is 1.46. The lowest BCUT2D eigenvalue weighted by Crippen LogP contribution is -2.47. The second-order valence-electron chi connectivity index (χ2n) is 3.16. The molecule has 0 saturated heterocycles. The number of amides is 1. The number of para-hydroxylation sites is 1. The van der Waals surface area contributed by atoms with E-state index in [1.54, 1.807) is 18.3 Å². The van der Waals surface area contributed by atoms with Crippen LogP contribution in [0.2, 0.25) is 0 Å². The summed E-state index contributed by atoms with van der Waals surface area (Å²) >= 11 is 0. The highest BCUT2D eigenvalue weighted by Crippen LogP contribution is 2.30. The Morgan fingerprint density at radius 3 is 2.56 bits per heavy atom. The Morgan fingerprint density at radius 1 is 1.31 bits per heavy atom. The van der Waals surface area contributed by atoms with Crippen molar-refractivity contribution in [2.45, 2.75) is 0 Å². The monoisotopic (exact) mass is 237 g/mol. The topological polar surface area (TPSA) is 81.5 Å². The van der Waals surface area contributed by atoms with Gasteiger partial charge in [-0.3, -0.25) is 4.79 Å². The van der Waals surface area contributed by atoms with Gasteiger partial charge in [-0.05, 0) is 12.1 Å². The minimum Gasteiger partial charge on any atom is -0.268 e. The lowest BCUT2D eigenvalue weighted by molar-refractivity contribution is 0.0880. The van der Waals surface area contributed by atoms with Crippen LogP contribution in [0.5, 0.6) is 0 Å². The molecule has 1 heterocycles. The minimum absolute atomic E-state index is 0.0908. The van der Waals surface area contributed by atoms with Crippen LogP contribution in [0.1, 0.15) is 10.4 Å². The van der Waals surface area contributed by atoms with Gasteiger partial charge in [0.15, 0.2) is 0 Å². The molecule has 0 bridgehead atoms. The number of hydrogen-bond donors (Lipinski definition) is 0. The number of hydrogen-bond acceptors (Lipinski definition) is 4. The van der Waals surface area contributed by atoms with Crippen molar-refractivity contribution in [3.05, 3.63) is 29.8 Å². The first-order valence-electron chi connectivity index (χ1n) is 4.32. The highest BCUT2D eigenvalue weighted by molar-refractivity contribution is 7.91. The van der Waals surface area contributed by atoms with Crippen molar-refractivity contribution >= 4 is 21.8 Å². The van der Waals surface area contributed by atoms with E-state index in [9.17, 15) is 13.2 Å². The standard InChI is InChI=1S/C9H7N3O3S/c1-11-9(13)7-4-2-3-5-8(7)12(6-10)16(11,14)15/h2-5H,1H3. The Hall–Kier alpha value is -2.07. The van der Waals surface area contributed by atoms with Gasteiger partial charge in [0.1, 0.15) is 0 Å². The van der Waals surface area contributed by atoms with Gasteiger partial charge in [0.25, 0.3) is 5.91 Å². The summed E-state index contributed by atoms with van der Waals surface area (Å²) in [6.45, 7) is 0. The molecule has 1 aromatic carbocycles. The highest BCUT2D eigenvalue weighted by atomic mass is 32.2. The van der Waals surface area contributed by atoms with Crippen LogP contribution in [-0.2, 0) is 10.2 Å². The molecule has 0 aliphatic carbocycles. The van der Waals surface area contributed by atoms with E-state index in [0.29, 0.717) is 8.61 Å². The maximum absolute atomic E-state index is 11.7. The first kappa shape index (κ1) is 10.4. The second kappa shape index (κ2) is 3.21. The first-order chi connectivity index (χ1) is 7.50. The van der Waals surface area contributed by atoms with Crippen molar-refractivity contribution in [1.29, 1.82) is 5.26 Å². The van der Waals surface area contributed by atoms with Crippen LogP contribution in [-0.4, -0.2) is 25.7 Å². The van der Waals surface area contributed by atoms with Gasteiger partial charge >= 0.3 is 10.2 Å². The molecule has 0 unspecified atom stereocenters. The molecule has 2 rings (SSSR count). The number of nitriles is 1. The van der Waals surface area contributed by atoms with Crippen molar-refractivity contribution in [3.63, 3.8) is 0 Å². The summed E-state index contributed by atoms with van der Waals surface area (Å²) in [5.74, 6) is -0.637. The maximum Gasteiger partial charge on any atom is 0.341 e. The number of carbonyl (C=O) groups excluding carboxylic acids is 1. The summed E-state index contributed by atoms with van der Waals surface area (Å²) in [6, 6.07) is 6.07. The Morgan fingerprint density at radius 2 is 1.94 bits per heavy atom. The van der Waals surface area contributed by atoms with E-state index >= 15 is 0 Å². The second-order valence-corrected chi connectivity index (χ2v) is 4.97. The molecule has 82 valence electrons. The average Bonchev–Trinajstić information content (AvgIpc) is 2.27. The summed E-state index contributed by atoms with van der Waals surface area (Å²) in [4.78, 5) is 11.7. The van der Waals surface area contributed by atoms with Crippen molar-refractivity contribution < 1.29 is 13.2 Å². The third kappa shape index (κ3) is 1.17. The summed E-state index contributed by atoms with van der Waals surface area (Å²) in [7, 11) is -2.94. The van der Waals surface area contributed by atoms with Gasteiger partial charge in [0.05, 0.1) is 11.3 Å². The predicted molar refractivity (Wildman–Crippen MR) is 55.5 cm³/mol. The zero-order valence-corrected chi connectivity index (χ0v) is 9.10. The van der Waals surface area contributed by atoms with Crippen LogP contribution in [0, 0.1) is 11.5 Å². The number of fused-ring (bicyclic) bond motifs is 1. The van der Waals surface area contributed by atoms with Crippen molar-refractivity contribution in [2.75, 3.05) is 11.4 Å². The van der Waals surface area contributed by atoms with E-state index in [0.717, 1.165) is 7.05 Å². The lowest BCUT2D eigenvalue weighted by Gasteiger charge is -2.29. The normalized spacial score (nSPS) is 17.9. The first-order valence-corrected chi connectivity index (χ1v) is 5.72. The van der Waals surface area contributed by atoms with Crippen molar-refractivity contribution in [3.8, 4) is 6.19 Å². The number of anilines is 1. The minimum atomic E-state index is -4.06. The molecule has 1 aliphatic heterocycles. The molecule has 1 aliphatic rings. The fourth-order valence-corrected chi connectivity index (χ4v) is 2.52. The molecule has 0 atom stereocenters. The Labute approximate surface area is 92.5 Å². The van der Waals surface area contributed by atoms with Crippen LogP contribution < -0.4 is 4.31 Å². The van der Waals surface area contributed by atoms with Crippen molar-refractivity contribution in [2.24, 2.45) is 0 Å². The van der Waals surface area contributed by atoms with Gasteiger partial charge in [-0.2, -0.15) is 18.0 Å². The molecule has 16 heavy (non-hydrogen) atoms. The van der Waals surface area contributed by atoms with Crippen LogP contribution in [0.15, 0.2) is 24.3 Å². The number of carbonyl (C=O) groups is 1. The molecular formula is C9H7N3O3S. The Balaban J connectivity index is 2.79. The van der Waals surface area contributed by atoms with E-state index in [1.165, 1.54) is 12.1 Å². The van der Waals surface area contributed by atoms with Gasteiger partial charge in [0.2, 0.25) is 6.19 Å². The molecule has 0 radical (unpaired) electrons. The largest absolute Gasteiger partial charge is 0.341 e. The molecule has 0 saturated carbocycles.